The molecular formula is C19H12BrIN2O4. The van der Waals surface area contributed by atoms with Gasteiger partial charge in [0.1, 0.15) is 0 Å². The Labute approximate surface area is 175 Å². The molecule has 1 aliphatic carbocycles. The van der Waals surface area contributed by atoms with Gasteiger partial charge in [-0.2, -0.15) is 0 Å². The van der Waals surface area contributed by atoms with Crippen molar-refractivity contribution >= 4 is 60.8 Å². The number of benzene rings is 2. The number of pyridine rings is 1. The summed E-state index contributed by atoms with van der Waals surface area (Å²) in [5.74, 6) is -0.148. The van der Waals surface area contributed by atoms with E-state index in [0.717, 1.165) is 9.13 Å². The summed E-state index contributed by atoms with van der Waals surface area (Å²) in [6.07, 6.45) is 0.695. The van der Waals surface area contributed by atoms with Gasteiger partial charge in [0.05, 0.1) is 21.6 Å². The molecule has 6 nitrogen and oxygen atoms in total. The fourth-order valence-electron chi connectivity index (χ4n) is 3.54. The van der Waals surface area contributed by atoms with E-state index >= 15 is 0 Å². The molecule has 0 amide bonds. The van der Waals surface area contributed by atoms with Crippen LogP contribution in [-0.4, -0.2) is 20.6 Å². The number of hydrogen-bond acceptors (Lipinski definition) is 4. The number of nitrogens with zero attached hydrogens (tertiary/aromatic N) is 2. The quantitative estimate of drug-likeness (QED) is 0.166. The predicted octanol–water partition coefficient (Wildman–Crippen LogP) is 4.51. The fourth-order valence-corrected chi connectivity index (χ4v) is 4.28. The molecule has 0 radical (unpaired) electrons. The van der Waals surface area contributed by atoms with Gasteiger partial charge in [-0.3, -0.25) is 19.7 Å². The van der Waals surface area contributed by atoms with E-state index < -0.39 is 4.92 Å². The van der Waals surface area contributed by atoms with Gasteiger partial charge in [-0.05, 0) is 47.2 Å². The Morgan fingerprint density at radius 3 is 2.56 bits per heavy atom. The summed E-state index contributed by atoms with van der Waals surface area (Å²) in [7, 11) is 0. The van der Waals surface area contributed by atoms with E-state index in [1.165, 1.54) is 18.2 Å². The molecule has 0 bridgehead atoms. The van der Waals surface area contributed by atoms with Crippen molar-refractivity contribution < 1.29 is 9.72 Å². The maximum Gasteiger partial charge on any atom is 0.270 e. The van der Waals surface area contributed by atoms with E-state index in [2.05, 4.69) is 38.5 Å². The molecule has 4 rings (SSSR count). The lowest BCUT2D eigenvalue weighted by molar-refractivity contribution is -0.384. The first-order valence-corrected chi connectivity index (χ1v) is 10.4. The molecule has 27 heavy (non-hydrogen) atoms. The summed E-state index contributed by atoms with van der Waals surface area (Å²) in [4.78, 5) is 36.9. The second-order valence-electron chi connectivity index (χ2n) is 6.23. The van der Waals surface area contributed by atoms with Crippen molar-refractivity contribution in [2.24, 2.45) is 0 Å². The average molecular weight is 539 g/mol. The minimum Gasteiger partial charge on any atom is -0.307 e. The zero-order valence-corrected chi connectivity index (χ0v) is 17.6. The molecule has 136 valence electrons. The topological polar surface area (TPSA) is 82.2 Å². The molecule has 8 heteroatoms. The van der Waals surface area contributed by atoms with Gasteiger partial charge in [0.15, 0.2) is 5.78 Å². The maximum atomic E-state index is 13.2. The van der Waals surface area contributed by atoms with Gasteiger partial charge in [0.25, 0.3) is 11.2 Å². The molecule has 0 atom stereocenters. The highest BCUT2D eigenvalue weighted by Gasteiger charge is 2.33. The number of ketones is 1. The first-order chi connectivity index (χ1) is 12.9. The Balaban J connectivity index is 2.13. The zero-order valence-electron chi connectivity index (χ0n) is 13.9. The number of halogens is 2. The largest absolute Gasteiger partial charge is 0.307 e. The molecule has 1 heterocycles. The number of hydrogen-bond donors (Lipinski definition) is 0. The van der Waals surface area contributed by atoms with Crippen LogP contribution >= 0.6 is 38.5 Å². The van der Waals surface area contributed by atoms with Crippen molar-refractivity contribution in [3.05, 3.63) is 71.6 Å². The molecule has 1 aromatic heterocycles. The number of fused-ring (bicyclic) bond motifs is 5. The Morgan fingerprint density at radius 2 is 1.85 bits per heavy atom. The summed E-state index contributed by atoms with van der Waals surface area (Å²) in [6.45, 7) is 0.420. The average Bonchev–Trinajstić information content (AvgIpc) is 2.93. The number of rotatable bonds is 4. The van der Waals surface area contributed by atoms with Gasteiger partial charge in [-0.1, -0.05) is 22.0 Å². The van der Waals surface area contributed by atoms with Crippen LogP contribution in [-0.2, 0) is 6.54 Å². The number of aromatic nitrogens is 1. The molecule has 0 aliphatic heterocycles. The van der Waals surface area contributed by atoms with Crippen LogP contribution in [0.5, 0.6) is 0 Å². The number of nitro groups is 1. The number of carbonyl (C=O) groups excluding carboxylic acids is 1. The Morgan fingerprint density at radius 1 is 1.07 bits per heavy atom. The minimum absolute atomic E-state index is 0.148. The number of carbonyl (C=O) groups is 1. The number of nitro benzene ring substituents is 1. The molecule has 2 aromatic carbocycles. The molecule has 0 fully saturated rings. The zero-order chi connectivity index (χ0) is 19.3. The van der Waals surface area contributed by atoms with Crippen molar-refractivity contribution in [2.45, 2.75) is 13.0 Å². The van der Waals surface area contributed by atoms with E-state index in [0.29, 0.717) is 40.5 Å². The van der Waals surface area contributed by atoms with E-state index in [1.54, 1.807) is 4.57 Å². The first kappa shape index (κ1) is 18.3. The SMILES string of the molecule is O=C1c2cc(I)ccc2-c2c1c1ccc([N+](=O)[O-])cc1c(=O)n2CCCBr. The van der Waals surface area contributed by atoms with Gasteiger partial charge in [-0.15, -0.1) is 0 Å². The number of alkyl halides is 1. The second-order valence-corrected chi connectivity index (χ2v) is 8.27. The molecule has 0 unspecified atom stereocenters. The maximum absolute atomic E-state index is 13.2. The van der Waals surface area contributed by atoms with Gasteiger partial charge in [0.2, 0.25) is 0 Å². The van der Waals surface area contributed by atoms with Crippen molar-refractivity contribution in [2.75, 3.05) is 5.33 Å². The second kappa shape index (κ2) is 6.83. The highest BCUT2D eigenvalue weighted by atomic mass is 127. The third-order valence-electron chi connectivity index (χ3n) is 4.69. The molecule has 0 saturated heterocycles. The molecule has 0 spiro atoms. The van der Waals surface area contributed by atoms with E-state index in [4.69, 9.17) is 0 Å². The Kier molecular flexibility index (Phi) is 4.63. The van der Waals surface area contributed by atoms with E-state index in [1.807, 2.05) is 18.2 Å². The summed E-state index contributed by atoms with van der Waals surface area (Å²) >= 11 is 5.52. The normalized spacial score (nSPS) is 12.3. The van der Waals surface area contributed by atoms with Crippen molar-refractivity contribution in [3.63, 3.8) is 0 Å². The smallest absolute Gasteiger partial charge is 0.270 e. The van der Waals surface area contributed by atoms with Crippen molar-refractivity contribution in [1.82, 2.24) is 4.57 Å². The van der Waals surface area contributed by atoms with Crippen LogP contribution in [0.4, 0.5) is 5.69 Å². The molecule has 1 aliphatic rings. The summed E-state index contributed by atoms with van der Waals surface area (Å²) in [6, 6.07) is 9.70. The van der Waals surface area contributed by atoms with Gasteiger partial charge in [0, 0.05) is 44.1 Å². The molecule has 0 N–H and O–H groups in total. The minimum atomic E-state index is -0.534. The first-order valence-electron chi connectivity index (χ1n) is 8.19. The highest BCUT2D eigenvalue weighted by molar-refractivity contribution is 14.1. The summed E-state index contributed by atoms with van der Waals surface area (Å²) in [5, 5.41) is 12.5. The summed E-state index contributed by atoms with van der Waals surface area (Å²) in [5.41, 5.74) is 1.89. The van der Waals surface area contributed by atoms with E-state index in [-0.39, 0.29) is 22.4 Å². The monoisotopic (exact) mass is 538 g/mol. The van der Waals surface area contributed by atoms with Crippen LogP contribution in [0.25, 0.3) is 22.0 Å². The van der Waals surface area contributed by atoms with Crippen molar-refractivity contribution in [1.29, 1.82) is 0 Å². The lowest BCUT2D eigenvalue weighted by atomic mass is 10.0. The van der Waals surface area contributed by atoms with Gasteiger partial charge >= 0.3 is 0 Å². The van der Waals surface area contributed by atoms with Gasteiger partial charge in [-0.25, -0.2) is 0 Å². The molecule has 0 saturated carbocycles. The lowest BCUT2D eigenvalue weighted by Crippen LogP contribution is -2.23. The molecule has 3 aromatic rings. The Hall–Kier alpha value is -2.07. The third kappa shape index (κ3) is 2.82. The highest BCUT2D eigenvalue weighted by Crippen LogP contribution is 2.40. The molecular weight excluding hydrogens is 527 g/mol. The van der Waals surface area contributed by atoms with Crippen LogP contribution < -0.4 is 5.56 Å². The lowest BCUT2D eigenvalue weighted by Gasteiger charge is -2.14. The van der Waals surface area contributed by atoms with Crippen molar-refractivity contribution in [3.8, 4) is 11.3 Å². The van der Waals surface area contributed by atoms with Crippen LogP contribution in [0.3, 0.4) is 0 Å². The fraction of sp³-hybridized carbons (Fsp3) is 0.158. The third-order valence-corrected chi connectivity index (χ3v) is 5.92. The number of non-ortho nitro benzene ring substituents is 1. The van der Waals surface area contributed by atoms with Crippen LogP contribution in [0.15, 0.2) is 41.2 Å². The van der Waals surface area contributed by atoms with Crippen LogP contribution in [0.1, 0.15) is 22.3 Å². The predicted molar refractivity (Wildman–Crippen MR) is 115 cm³/mol. The van der Waals surface area contributed by atoms with Crippen LogP contribution in [0, 0.1) is 13.7 Å². The summed E-state index contributed by atoms with van der Waals surface area (Å²) < 4.78 is 2.51. The Bertz CT molecular complexity index is 1200. The van der Waals surface area contributed by atoms with E-state index in [9.17, 15) is 19.7 Å². The standard InChI is InChI=1S/C19H12BrIN2O4/c20-6-1-7-22-17-13-4-2-10(21)8-14(13)18(24)16(17)12-5-3-11(23(26)27)9-15(12)19(22)25/h2-5,8-9H,1,6-7H2. The van der Waals surface area contributed by atoms with Crippen LogP contribution in [0.2, 0.25) is 0 Å². The van der Waals surface area contributed by atoms with Gasteiger partial charge < -0.3 is 4.57 Å².